The number of methoxy groups -OCH3 is 1. The lowest BCUT2D eigenvalue weighted by Gasteiger charge is -2.11. The lowest BCUT2D eigenvalue weighted by molar-refractivity contribution is 0.415. The van der Waals surface area contributed by atoms with Gasteiger partial charge >= 0.3 is 0 Å². The maximum Gasteiger partial charge on any atom is 0.122 e. The van der Waals surface area contributed by atoms with Gasteiger partial charge in [-0.1, -0.05) is 22.0 Å². The molecule has 0 fully saturated rings. The summed E-state index contributed by atoms with van der Waals surface area (Å²) in [5.41, 5.74) is 3.38. The molecule has 4 heteroatoms. The van der Waals surface area contributed by atoms with Crippen molar-refractivity contribution in [2.24, 2.45) is 0 Å². The van der Waals surface area contributed by atoms with Gasteiger partial charge in [0.15, 0.2) is 0 Å². The van der Waals surface area contributed by atoms with Crippen LogP contribution in [0.15, 0.2) is 40.9 Å². The fraction of sp³-hybridized carbons (Fsp3) is 0.133. The van der Waals surface area contributed by atoms with Crippen LogP contribution < -0.4 is 10.1 Å². The van der Waals surface area contributed by atoms with Gasteiger partial charge in [-0.25, -0.2) is 0 Å². The summed E-state index contributed by atoms with van der Waals surface area (Å²) in [6.07, 6.45) is 0. The van der Waals surface area contributed by atoms with Crippen molar-refractivity contribution in [3.05, 3.63) is 52.0 Å². The molecule has 0 atom stereocenters. The Kier molecular flexibility index (Phi) is 4.08. The highest BCUT2D eigenvalue weighted by molar-refractivity contribution is 9.10. The molecule has 0 aromatic heterocycles. The highest BCUT2D eigenvalue weighted by Crippen LogP contribution is 2.28. The molecular weight excluding hydrogens is 304 g/mol. The molecule has 2 aromatic carbocycles. The summed E-state index contributed by atoms with van der Waals surface area (Å²) in [6, 6.07) is 13.6. The molecule has 0 aliphatic heterocycles. The Morgan fingerprint density at radius 2 is 2.00 bits per heavy atom. The first-order valence-corrected chi connectivity index (χ1v) is 6.54. The van der Waals surface area contributed by atoms with E-state index in [0.29, 0.717) is 5.56 Å². The Labute approximate surface area is 121 Å². The van der Waals surface area contributed by atoms with Crippen LogP contribution in [0.4, 0.5) is 11.4 Å². The Morgan fingerprint density at radius 3 is 2.68 bits per heavy atom. The maximum atomic E-state index is 9.12. The zero-order chi connectivity index (χ0) is 13.8. The number of anilines is 2. The van der Waals surface area contributed by atoms with E-state index in [9.17, 15) is 0 Å². The molecule has 19 heavy (non-hydrogen) atoms. The van der Waals surface area contributed by atoms with Crippen LogP contribution in [-0.4, -0.2) is 7.11 Å². The minimum Gasteiger partial charge on any atom is -0.497 e. The third-order valence-corrected chi connectivity index (χ3v) is 3.14. The van der Waals surface area contributed by atoms with Gasteiger partial charge in [0.05, 0.1) is 18.4 Å². The van der Waals surface area contributed by atoms with Gasteiger partial charge in [-0.3, -0.25) is 0 Å². The number of halogens is 1. The average Bonchev–Trinajstić information content (AvgIpc) is 2.38. The van der Waals surface area contributed by atoms with Crippen molar-refractivity contribution < 1.29 is 4.74 Å². The molecule has 0 aliphatic carbocycles. The number of ether oxygens (including phenoxy) is 1. The van der Waals surface area contributed by atoms with Crippen LogP contribution in [0.2, 0.25) is 0 Å². The molecule has 1 N–H and O–H groups in total. The molecule has 2 rings (SSSR count). The Morgan fingerprint density at radius 1 is 1.21 bits per heavy atom. The number of nitrogens with one attached hydrogen (secondary N) is 1. The molecule has 3 nitrogen and oxygen atoms in total. The monoisotopic (exact) mass is 316 g/mol. The maximum absolute atomic E-state index is 9.12. The summed E-state index contributed by atoms with van der Waals surface area (Å²) in [5, 5.41) is 12.4. The van der Waals surface area contributed by atoms with Crippen molar-refractivity contribution in [1.29, 1.82) is 5.26 Å². The standard InChI is InChI=1S/C15H13BrN2O/c1-10-3-4-11(9-17)15(5-10)18-13-6-12(16)7-14(8-13)19-2/h3-8,18H,1-2H3. The second kappa shape index (κ2) is 5.77. The van der Waals surface area contributed by atoms with Crippen LogP contribution in [0, 0.1) is 18.3 Å². The Bertz CT molecular complexity index is 647. The van der Waals surface area contributed by atoms with Crippen LogP contribution in [0.3, 0.4) is 0 Å². The summed E-state index contributed by atoms with van der Waals surface area (Å²) < 4.78 is 6.14. The summed E-state index contributed by atoms with van der Waals surface area (Å²) in [4.78, 5) is 0. The second-order valence-corrected chi connectivity index (χ2v) is 5.08. The molecule has 0 heterocycles. The topological polar surface area (TPSA) is 45.0 Å². The van der Waals surface area contributed by atoms with E-state index in [4.69, 9.17) is 10.00 Å². The van der Waals surface area contributed by atoms with Crippen molar-refractivity contribution in [1.82, 2.24) is 0 Å². The van der Waals surface area contributed by atoms with E-state index in [0.717, 1.165) is 27.2 Å². The van der Waals surface area contributed by atoms with Gasteiger partial charge in [-0.2, -0.15) is 5.26 Å². The molecule has 0 aliphatic rings. The van der Waals surface area contributed by atoms with Gasteiger partial charge in [-0.05, 0) is 36.8 Å². The number of benzene rings is 2. The minimum absolute atomic E-state index is 0.615. The third-order valence-electron chi connectivity index (χ3n) is 2.68. The molecule has 0 saturated heterocycles. The van der Waals surface area contributed by atoms with Crippen molar-refractivity contribution in [3.63, 3.8) is 0 Å². The zero-order valence-electron chi connectivity index (χ0n) is 10.7. The van der Waals surface area contributed by atoms with Gasteiger partial charge in [0.2, 0.25) is 0 Å². The smallest absolute Gasteiger partial charge is 0.122 e. The summed E-state index contributed by atoms with van der Waals surface area (Å²) in [6.45, 7) is 1.99. The molecule has 0 unspecified atom stereocenters. The average molecular weight is 317 g/mol. The van der Waals surface area contributed by atoms with Crippen molar-refractivity contribution in [3.8, 4) is 11.8 Å². The molecule has 2 aromatic rings. The van der Waals surface area contributed by atoms with Gasteiger partial charge in [0, 0.05) is 16.2 Å². The predicted octanol–water partition coefficient (Wildman–Crippen LogP) is 4.38. The minimum atomic E-state index is 0.615. The molecular formula is C15H13BrN2O. The lowest BCUT2D eigenvalue weighted by Crippen LogP contribution is -1.95. The molecule has 0 saturated carbocycles. The van der Waals surface area contributed by atoms with E-state index >= 15 is 0 Å². The fourth-order valence-corrected chi connectivity index (χ4v) is 2.24. The zero-order valence-corrected chi connectivity index (χ0v) is 12.3. The number of nitrogens with zero attached hydrogens (tertiary/aromatic N) is 1. The number of aryl methyl sites for hydroxylation is 1. The van der Waals surface area contributed by atoms with Gasteiger partial charge in [0.1, 0.15) is 11.8 Å². The number of hydrogen-bond acceptors (Lipinski definition) is 3. The quantitative estimate of drug-likeness (QED) is 0.913. The molecule has 0 radical (unpaired) electrons. The van der Waals surface area contributed by atoms with Gasteiger partial charge in [-0.15, -0.1) is 0 Å². The number of nitriles is 1. The van der Waals surface area contributed by atoms with Crippen LogP contribution in [0.5, 0.6) is 5.75 Å². The highest BCUT2D eigenvalue weighted by Gasteiger charge is 2.05. The van der Waals surface area contributed by atoms with Crippen molar-refractivity contribution >= 4 is 27.3 Å². The fourth-order valence-electron chi connectivity index (χ4n) is 1.77. The summed E-state index contributed by atoms with van der Waals surface area (Å²) in [7, 11) is 1.62. The van der Waals surface area contributed by atoms with Crippen LogP contribution in [0.25, 0.3) is 0 Å². The van der Waals surface area contributed by atoms with Gasteiger partial charge in [0.25, 0.3) is 0 Å². The first kappa shape index (κ1) is 13.4. The van der Waals surface area contributed by atoms with Crippen LogP contribution in [0.1, 0.15) is 11.1 Å². The molecule has 0 spiro atoms. The van der Waals surface area contributed by atoms with E-state index in [1.54, 1.807) is 7.11 Å². The largest absolute Gasteiger partial charge is 0.497 e. The molecule has 0 bridgehead atoms. The normalized spacial score (nSPS) is 9.79. The third kappa shape index (κ3) is 3.27. The van der Waals surface area contributed by atoms with Crippen molar-refractivity contribution in [2.45, 2.75) is 6.92 Å². The van der Waals surface area contributed by atoms with E-state index in [1.807, 2.05) is 43.3 Å². The van der Waals surface area contributed by atoms with Crippen LogP contribution in [-0.2, 0) is 0 Å². The molecule has 0 amide bonds. The first-order valence-electron chi connectivity index (χ1n) is 5.75. The molecule has 96 valence electrons. The van der Waals surface area contributed by atoms with Crippen LogP contribution >= 0.6 is 15.9 Å². The van der Waals surface area contributed by atoms with Crippen molar-refractivity contribution in [2.75, 3.05) is 12.4 Å². The lowest BCUT2D eigenvalue weighted by atomic mass is 10.1. The first-order chi connectivity index (χ1) is 9.12. The summed E-state index contributed by atoms with van der Waals surface area (Å²) in [5.74, 6) is 0.753. The van der Waals surface area contributed by atoms with E-state index in [-0.39, 0.29) is 0 Å². The van der Waals surface area contributed by atoms with E-state index in [2.05, 4.69) is 27.3 Å². The predicted molar refractivity (Wildman–Crippen MR) is 79.9 cm³/mol. The highest BCUT2D eigenvalue weighted by atomic mass is 79.9. The van der Waals surface area contributed by atoms with Gasteiger partial charge < -0.3 is 10.1 Å². The SMILES string of the molecule is COc1cc(Br)cc(Nc2cc(C)ccc2C#N)c1. The Balaban J connectivity index is 2.38. The number of hydrogen-bond donors (Lipinski definition) is 1. The summed E-state index contributed by atoms with van der Waals surface area (Å²) >= 11 is 3.43. The second-order valence-electron chi connectivity index (χ2n) is 4.17. The Hall–Kier alpha value is -1.99. The number of rotatable bonds is 3. The van der Waals surface area contributed by atoms with E-state index < -0.39 is 0 Å². The van der Waals surface area contributed by atoms with E-state index in [1.165, 1.54) is 0 Å².